The molecule has 17 heavy (non-hydrogen) atoms. The lowest BCUT2D eigenvalue weighted by atomic mass is 10.1. The summed E-state index contributed by atoms with van der Waals surface area (Å²) in [6, 6.07) is 4.30. The Morgan fingerprint density at radius 2 is 2.12 bits per heavy atom. The maximum atomic E-state index is 4.02. The van der Waals surface area contributed by atoms with Crippen molar-refractivity contribution in [2.24, 2.45) is 0 Å². The molecule has 0 aliphatic rings. The van der Waals surface area contributed by atoms with Crippen LogP contribution in [0.5, 0.6) is 0 Å². The van der Waals surface area contributed by atoms with E-state index in [-0.39, 0.29) is 0 Å². The summed E-state index contributed by atoms with van der Waals surface area (Å²) in [6.45, 7) is 10.1. The van der Waals surface area contributed by atoms with Gasteiger partial charge >= 0.3 is 0 Å². The van der Waals surface area contributed by atoms with E-state index in [0.717, 1.165) is 25.3 Å². The van der Waals surface area contributed by atoms with Gasteiger partial charge in [-0.25, -0.2) is 0 Å². The lowest BCUT2D eigenvalue weighted by Gasteiger charge is -2.19. The highest BCUT2D eigenvalue weighted by Gasteiger charge is 2.04. The highest BCUT2D eigenvalue weighted by atomic mass is 15.2. The van der Waals surface area contributed by atoms with Crippen LogP contribution in [0.25, 0.3) is 0 Å². The molecule has 1 atom stereocenters. The first-order valence-corrected chi connectivity index (χ1v) is 6.52. The predicted molar refractivity (Wildman–Crippen MR) is 72.1 cm³/mol. The van der Waals surface area contributed by atoms with Crippen LogP contribution in [0.15, 0.2) is 18.3 Å². The molecule has 0 amide bonds. The molecule has 4 nitrogen and oxygen atoms in total. The average Bonchev–Trinajstić information content (AvgIpc) is 2.36. The van der Waals surface area contributed by atoms with Gasteiger partial charge in [-0.15, -0.1) is 5.10 Å². The molecule has 1 rings (SSSR count). The van der Waals surface area contributed by atoms with E-state index >= 15 is 0 Å². The van der Waals surface area contributed by atoms with Crippen LogP contribution in [0, 0.1) is 0 Å². The molecule has 0 aliphatic carbocycles. The van der Waals surface area contributed by atoms with Gasteiger partial charge in [-0.05, 0) is 51.5 Å². The number of anilines is 1. The van der Waals surface area contributed by atoms with E-state index in [1.54, 1.807) is 6.20 Å². The summed E-state index contributed by atoms with van der Waals surface area (Å²) in [5.41, 5.74) is 0. The zero-order valence-corrected chi connectivity index (χ0v) is 11.2. The summed E-state index contributed by atoms with van der Waals surface area (Å²) in [4.78, 5) is 2.45. The molecule has 0 saturated heterocycles. The van der Waals surface area contributed by atoms with Crippen LogP contribution < -0.4 is 5.32 Å². The van der Waals surface area contributed by atoms with Crippen molar-refractivity contribution in [2.75, 3.05) is 25.0 Å². The SMILES string of the molecule is CCN(CC)CCCC(C)Nc1cccnn1. The van der Waals surface area contributed by atoms with Crippen LogP contribution >= 0.6 is 0 Å². The topological polar surface area (TPSA) is 41.0 Å². The third kappa shape index (κ3) is 5.63. The zero-order chi connectivity index (χ0) is 12.5. The lowest BCUT2D eigenvalue weighted by molar-refractivity contribution is 0.295. The van der Waals surface area contributed by atoms with Gasteiger partial charge in [0.2, 0.25) is 0 Å². The van der Waals surface area contributed by atoms with Crippen LogP contribution in [-0.4, -0.2) is 40.8 Å². The van der Waals surface area contributed by atoms with Gasteiger partial charge in [-0.3, -0.25) is 0 Å². The standard InChI is InChI=1S/C13H24N4/c1-4-17(5-2)11-7-8-12(3)15-13-9-6-10-14-16-13/h6,9-10,12H,4-5,7-8,11H2,1-3H3,(H,15,16). The van der Waals surface area contributed by atoms with Crippen molar-refractivity contribution in [1.82, 2.24) is 15.1 Å². The zero-order valence-electron chi connectivity index (χ0n) is 11.2. The molecule has 1 unspecified atom stereocenters. The van der Waals surface area contributed by atoms with E-state index in [1.165, 1.54) is 13.0 Å². The fourth-order valence-electron chi connectivity index (χ4n) is 1.86. The Labute approximate surface area is 104 Å². The molecule has 0 bridgehead atoms. The Balaban J connectivity index is 2.19. The van der Waals surface area contributed by atoms with E-state index in [2.05, 4.69) is 41.2 Å². The summed E-state index contributed by atoms with van der Waals surface area (Å²) in [5, 5.41) is 11.2. The number of rotatable bonds is 8. The van der Waals surface area contributed by atoms with Gasteiger partial charge in [0.05, 0.1) is 0 Å². The second kappa shape index (κ2) is 8.01. The molecule has 0 radical (unpaired) electrons. The first-order valence-electron chi connectivity index (χ1n) is 6.52. The molecule has 0 aromatic carbocycles. The smallest absolute Gasteiger partial charge is 0.148 e. The van der Waals surface area contributed by atoms with Crippen molar-refractivity contribution in [1.29, 1.82) is 0 Å². The molecule has 1 aromatic rings. The van der Waals surface area contributed by atoms with Crippen LogP contribution in [-0.2, 0) is 0 Å². The second-order valence-electron chi connectivity index (χ2n) is 4.32. The van der Waals surface area contributed by atoms with Gasteiger partial charge in [-0.2, -0.15) is 5.10 Å². The Bertz CT molecular complexity index is 285. The minimum atomic E-state index is 0.447. The summed E-state index contributed by atoms with van der Waals surface area (Å²) in [5.74, 6) is 0.864. The number of nitrogens with one attached hydrogen (secondary N) is 1. The molecule has 0 spiro atoms. The van der Waals surface area contributed by atoms with E-state index in [9.17, 15) is 0 Å². The Hall–Kier alpha value is -1.16. The van der Waals surface area contributed by atoms with Gasteiger partial charge in [0.1, 0.15) is 5.82 Å². The van der Waals surface area contributed by atoms with Crippen molar-refractivity contribution in [3.63, 3.8) is 0 Å². The highest BCUT2D eigenvalue weighted by Crippen LogP contribution is 2.06. The second-order valence-corrected chi connectivity index (χ2v) is 4.32. The monoisotopic (exact) mass is 236 g/mol. The maximum absolute atomic E-state index is 4.02. The molecule has 1 aromatic heterocycles. The average molecular weight is 236 g/mol. The molecule has 1 N–H and O–H groups in total. The normalized spacial score (nSPS) is 12.7. The molecular formula is C13H24N4. The fourth-order valence-corrected chi connectivity index (χ4v) is 1.86. The van der Waals surface area contributed by atoms with Gasteiger partial charge in [0, 0.05) is 12.2 Å². The number of nitrogens with zero attached hydrogens (tertiary/aromatic N) is 3. The Kier molecular flexibility index (Phi) is 6.55. The molecule has 0 saturated carbocycles. The van der Waals surface area contributed by atoms with E-state index < -0.39 is 0 Å². The molecule has 96 valence electrons. The number of hydrogen-bond acceptors (Lipinski definition) is 4. The van der Waals surface area contributed by atoms with Gasteiger partial charge in [0.25, 0.3) is 0 Å². The molecular weight excluding hydrogens is 212 g/mol. The Morgan fingerprint density at radius 3 is 2.71 bits per heavy atom. The molecule has 0 aliphatic heterocycles. The Morgan fingerprint density at radius 1 is 1.35 bits per heavy atom. The highest BCUT2D eigenvalue weighted by molar-refractivity contribution is 5.32. The minimum Gasteiger partial charge on any atom is -0.366 e. The fraction of sp³-hybridized carbons (Fsp3) is 0.692. The van der Waals surface area contributed by atoms with E-state index in [4.69, 9.17) is 0 Å². The van der Waals surface area contributed by atoms with Crippen LogP contribution in [0.3, 0.4) is 0 Å². The predicted octanol–water partition coefficient (Wildman–Crippen LogP) is 2.40. The summed E-state index contributed by atoms with van der Waals surface area (Å²) >= 11 is 0. The molecule has 4 heteroatoms. The van der Waals surface area contributed by atoms with Crippen molar-refractivity contribution in [3.8, 4) is 0 Å². The summed E-state index contributed by atoms with van der Waals surface area (Å²) in [6.07, 6.45) is 4.07. The van der Waals surface area contributed by atoms with Crippen molar-refractivity contribution in [2.45, 2.75) is 39.7 Å². The summed E-state index contributed by atoms with van der Waals surface area (Å²) < 4.78 is 0. The van der Waals surface area contributed by atoms with Crippen molar-refractivity contribution < 1.29 is 0 Å². The van der Waals surface area contributed by atoms with Crippen LogP contribution in [0.1, 0.15) is 33.6 Å². The van der Waals surface area contributed by atoms with Gasteiger partial charge < -0.3 is 10.2 Å². The van der Waals surface area contributed by atoms with Gasteiger partial charge in [-0.1, -0.05) is 13.8 Å². The third-order valence-corrected chi connectivity index (χ3v) is 2.97. The maximum Gasteiger partial charge on any atom is 0.148 e. The lowest BCUT2D eigenvalue weighted by Crippen LogP contribution is -2.25. The molecule has 1 heterocycles. The van der Waals surface area contributed by atoms with Crippen LogP contribution in [0.4, 0.5) is 5.82 Å². The van der Waals surface area contributed by atoms with Crippen molar-refractivity contribution >= 4 is 5.82 Å². The third-order valence-electron chi connectivity index (χ3n) is 2.97. The van der Waals surface area contributed by atoms with Crippen molar-refractivity contribution in [3.05, 3.63) is 18.3 Å². The van der Waals surface area contributed by atoms with Crippen LogP contribution in [0.2, 0.25) is 0 Å². The first-order chi connectivity index (χ1) is 8.26. The summed E-state index contributed by atoms with van der Waals surface area (Å²) in [7, 11) is 0. The van der Waals surface area contributed by atoms with Gasteiger partial charge in [0.15, 0.2) is 0 Å². The number of aromatic nitrogens is 2. The first kappa shape index (κ1) is 13.9. The molecule has 0 fully saturated rings. The minimum absolute atomic E-state index is 0.447. The quantitative estimate of drug-likeness (QED) is 0.752. The van der Waals surface area contributed by atoms with E-state index in [1.807, 2.05) is 12.1 Å². The largest absolute Gasteiger partial charge is 0.366 e. The van der Waals surface area contributed by atoms with E-state index in [0.29, 0.717) is 6.04 Å². The number of hydrogen-bond donors (Lipinski definition) is 1.